The molecular weight excluding hydrogens is 345 g/mol. The molecule has 2 aromatic rings. The average molecular weight is 368 g/mol. The smallest absolute Gasteiger partial charge is 0.254 e. The number of carbonyl (C=O) groups is 1. The molecule has 5 nitrogen and oxygen atoms in total. The van der Waals surface area contributed by atoms with Crippen molar-refractivity contribution in [3.63, 3.8) is 0 Å². The number of hydrogen-bond acceptors (Lipinski definition) is 3. The maximum Gasteiger partial charge on any atom is 0.254 e. The van der Waals surface area contributed by atoms with Gasteiger partial charge in [0.15, 0.2) is 0 Å². The van der Waals surface area contributed by atoms with E-state index < -0.39 is 5.82 Å². The highest BCUT2D eigenvalue weighted by atomic mass is 35.5. The molecule has 1 fully saturated rings. The predicted molar refractivity (Wildman–Crippen MR) is 98.9 cm³/mol. The molecule has 1 aromatic carbocycles. The van der Waals surface area contributed by atoms with Crippen LogP contribution in [-0.2, 0) is 0 Å². The van der Waals surface area contributed by atoms with Gasteiger partial charge in [0, 0.05) is 30.1 Å². The summed E-state index contributed by atoms with van der Waals surface area (Å²) in [6.07, 6.45) is 3.03. The van der Waals surface area contributed by atoms with Crippen molar-refractivity contribution >= 4 is 29.2 Å². The third-order valence-electron chi connectivity index (χ3n) is 4.74. The minimum Gasteiger partial charge on any atom is -0.339 e. The van der Waals surface area contributed by atoms with Crippen LogP contribution >= 0.6 is 12.4 Å². The van der Waals surface area contributed by atoms with Crippen LogP contribution in [0.1, 0.15) is 29.6 Å². The fourth-order valence-electron chi connectivity index (χ4n) is 3.35. The second-order valence-electron chi connectivity index (χ2n) is 6.36. The van der Waals surface area contributed by atoms with Crippen LogP contribution in [0.4, 0.5) is 4.39 Å². The lowest BCUT2D eigenvalue weighted by atomic mass is 9.93. The van der Waals surface area contributed by atoms with Gasteiger partial charge >= 0.3 is 0 Å². The van der Waals surface area contributed by atoms with Crippen molar-refractivity contribution < 1.29 is 9.18 Å². The van der Waals surface area contributed by atoms with Crippen molar-refractivity contribution in [1.29, 1.82) is 0 Å². The van der Waals surface area contributed by atoms with Crippen LogP contribution in [-0.4, -0.2) is 42.5 Å². The van der Waals surface area contributed by atoms with Gasteiger partial charge in [-0.15, -0.1) is 12.4 Å². The zero-order valence-corrected chi connectivity index (χ0v) is 15.0. The van der Waals surface area contributed by atoms with Crippen LogP contribution in [0.5, 0.6) is 0 Å². The molecule has 3 rings (SSSR count). The third kappa shape index (κ3) is 4.38. The van der Waals surface area contributed by atoms with Crippen LogP contribution < -0.4 is 10.9 Å². The van der Waals surface area contributed by atoms with Gasteiger partial charge in [0.25, 0.3) is 5.91 Å². The highest BCUT2D eigenvalue weighted by Crippen LogP contribution is 2.23. The number of nitrogens with one attached hydrogen (secondary N) is 2. The number of hydrogen-bond donors (Lipinski definition) is 2. The van der Waals surface area contributed by atoms with Gasteiger partial charge in [0.2, 0.25) is 5.56 Å². The molecule has 136 valence electrons. The summed E-state index contributed by atoms with van der Waals surface area (Å²) in [6, 6.07) is 5.35. The van der Waals surface area contributed by atoms with E-state index in [2.05, 4.69) is 10.3 Å². The summed E-state index contributed by atoms with van der Waals surface area (Å²) in [6.45, 7) is 2.34. The summed E-state index contributed by atoms with van der Waals surface area (Å²) in [5.74, 6) is 0.00741. The van der Waals surface area contributed by atoms with Crippen LogP contribution in [0.25, 0.3) is 10.9 Å². The van der Waals surface area contributed by atoms with Crippen molar-refractivity contribution in [2.75, 3.05) is 26.7 Å². The first-order chi connectivity index (χ1) is 11.6. The maximum absolute atomic E-state index is 13.6. The number of carbonyl (C=O) groups excluding carboxylic acids is 1. The average Bonchev–Trinajstić information content (AvgIpc) is 2.59. The molecule has 2 heterocycles. The van der Waals surface area contributed by atoms with Crippen LogP contribution in [0.15, 0.2) is 29.1 Å². The summed E-state index contributed by atoms with van der Waals surface area (Å²) >= 11 is 0. The van der Waals surface area contributed by atoms with E-state index in [4.69, 9.17) is 0 Å². The van der Waals surface area contributed by atoms with E-state index in [1.165, 1.54) is 24.3 Å². The number of fused-ring (bicyclic) bond motifs is 1. The summed E-state index contributed by atoms with van der Waals surface area (Å²) in [5.41, 5.74) is 0.416. The van der Waals surface area contributed by atoms with Gasteiger partial charge < -0.3 is 15.2 Å². The van der Waals surface area contributed by atoms with E-state index >= 15 is 0 Å². The molecule has 1 aliphatic heterocycles. The Balaban J connectivity index is 0.00000225. The molecule has 0 aliphatic carbocycles. The lowest BCUT2D eigenvalue weighted by Crippen LogP contribution is -2.39. The molecule has 0 saturated carbocycles. The summed E-state index contributed by atoms with van der Waals surface area (Å²) in [4.78, 5) is 29.1. The second kappa shape index (κ2) is 8.45. The number of halogens is 2. The molecule has 7 heteroatoms. The van der Waals surface area contributed by atoms with Gasteiger partial charge in [0.05, 0.1) is 5.56 Å². The largest absolute Gasteiger partial charge is 0.339 e. The Morgan fingerprint density at radius 1 is 1.32 bits per heavy atom. The van der Waals surface area contributed by atoms with Crippen molar-refractivity contribution in [3.8, 4) is 0 Å². The van der Waals surface area contributed by atoms with E-state index in [0.717, 1.165) is 25.8 Å². The predicted octanol–water partition coefficient (Wildman–Crippen LogP) is 2.55. The van der Waals surface area contributed by atoms with Crippen molar-refractivity contribution in [2.24, 2.45) is 5.92 Å². The van der Waals surface area contributed by atoms with E-state index in [9.17, 15) is 14.0 Å². The molecule has 0 radical (unpaired) electrons. The monoisotopic (exact) mass is 367 g/mol. The minimum atomic E-state index is -0.422. The number of rotatable bonds is 4. The van der Waals surface area contributed by atoms with Gasteiger partial charge in [-0.3, -0.25) is 9.59 Å². The number of aromatic nitrogens is 1. The van der Waals surface area contributed by atoms with E-state index in [1.54, 1.807) is 4.90 Å². The van der Waals surface area contributed by atoms with Gasteiger partial charge in [-0.25, -0.2) is 4.39 Å². The number of nitrogens with zero attached hydrogens (tertiary/aromatic N) is 1. The minimum absolute atomic E-state index is 0. The first kappa shape index (κ1) is 19.4. The number of piperidine rings is 1. The van der Waals surface area contributed by atoms with Crippen LogP contribution in [0, 0.1) is 11.7 Å². The Bertz CT molecular complexity index is 800. The lowest BCUT2D eigenvalue weighted by Gasteiger charge is -2.32. The van der Waals surface area contributed by atoms with Gasteiger partial charge in [0.1, 0.15) is 5.82 Å². The quantitative estimate of drug-likeness (QED) is 0.872. The van der Waals surface area contributed by atoms with Gasteiger partial charge in [-0.05, 0) is 57.0 Å². The Kier molecular flexibility index (Phi) is 6.56. The van der Waals surface area contributed by atoms with Gasteiger partial charge in [-0.1, -0.05) is 0 Å². The number of benzene rings is 1. The summed E-state index contributed by atoms with van der Waals surface area (Å²) < 4.78 is 13.6. The van der Waals surface area contributed by atoms with E-state index in [1.807, 2.05) is 7.05 Å². The fraction of sp³-hybridized carbons (Fsp3) is 0.444. The molecule has 1 amide bonds. The normalized spacial score (nSPS) is 15.2. The molecule has 1 aliphatic rings. The van der Waals surface area contributed by atoms with E-state index in [-0.39, 0.29) is 29.4 Å². The lowest BCUT2D eigenvalue weighted by molar-refractivity contribution is 0.0689. The second-order valence-corrected chi connectivity index (χ2v) is 6.36. The highest BCUT2D eigenvalue weighted by Gasteiger charge is 2.25. The first-order valence-corrected chi connectivity index (χ1v) is 8.35. The van der Waals surface area contributed by atoms with Gasteiger partial charge in [-0.2, -0.15) is 0 Å². The molecular formula is C18H23ClFN3O2. The molecule has 1 saturated heterocycles. The molecule has 0 unspecified atom stereocenters. The fourth-order valence-corrected chi connectivity index (χ4v) is 3.35. The summed E-state index contributed by atoms with van der Waals surface area (Å²) in [7, 11) is 1.94. The Hall–Kier alpha value is -1.92. The first-order valence-electron chi connectivity index (χ1n) is 8.35. The maximum atomic E-state index is 13.6. The standard InChI is InChI=1S/C18H22FN3O2.ClH/c1-20-7-4-12-5-8-22(9-6-12)18(24)15-11-17(23)21-16-3-2-13(19)10-14(15)16;/h2-3,10-12,20H,4-9H2,1H3,(H,21,23);1H. The molecule has 0 atom stereocenters. The number of amides is 1. The zero-order valence-electron chi connectivity index (χ0n) is 14.2. The van der Waals surface area contributed by atoms with Crippen molar-refractivity contribution in [3.05, 3.63) is 46.0 Å². The van der Waals surface area contributed by atoms with Crippen molar-refractivity contribution in [1.82, 2.24) is 15.2 Å². The van der Waals surface area contributed by atoms with Crippen LogP contribution in [0.2, 0.25) is 0 Å². The molecule has 0 spiro atoms. The van der Waals surface area contributed by atoms with Crippen molar-refractivity contribution in [2.45, 2.75) is 19.3 Å². The summed E-state index contributed by atoms with van der Waals surface area (Å²) in [5, 5.41) is 3.61. The Morgan fingerprint density at radius 2 is 2.04 bits per heavy atom. The number of H-pyrrole nitrogens is 1. The zero-order chi connectivity index (χ0) is 17.1. The SMILES string of the molecule is CNCCC1CCN(C(=O)c2cc(=O)[nH]c3ccc(F)cc23)CC1.Cl. The number of likely N-dealkylation sites (tertiary alicyclic amines) is 1. The van der Waals surface area contributed by atoms with Crippen LogP contribution in [0.3, 0.4) is 0 Å². The molecule has 0 bridgehead atoms. The molecule has 25 heavy (non-hydrogen) atoms. The third-order valence-corrected chi connectivity index (χ3v) is 4.74. The number of pyridine rings is 1. The highest BCUT2D eigenvalue weighted by molar-refractivity contribution is 6.06. The number of aromatic amines is 1. The Morgan fingerprint density at radius 3 is 2.72 bits per heavy atom. The topological polar surface area (TPSA) is 65.2 Å². The molecule has 1 aromatic heterocycles. The van der Waals surface area contributed by atoms with E-state index in [0.29, 0.717) is 29.9 Å². The Labute approximate surface area is 152 Å². The molecule has 2 N–H and O–H groups in total.